The van der Waals surface area contributed by atoms with Gasteiger partial charge in [0.25, 0.3) is 0 Å². The summed E-state index contributed by atoms with van der Waals surface area (Å²) < 4.78 is 6.84. The monoisotopic (exact) mass is 415 g/mol. The van der Waals surface area contributed by atoms with E-state index in [1.54, 1.807) is 29.0 Å². The maximum Gasteiger partial charge on any atom is 0.346 e. The Morgan fingerprint density at radius 1 is 1.10 bits per heavy atom. The van der Waals surface area contributed by atoms with Gasteiger partial charge in [-0.25, -0.2) is 9.89 Å². The second-order valence-electron chi connectivity index (χ2n) is 7.06. The number of esters is 1. The van der Waals surface area contributed by atoms with E-state index in [-0.39, 0.29) is 6.61 Å². The molecule has 0 aliphatic carbocycles. The predicted molar refractivity (Wildman–Crippen MR) is 119 cm³/mol. The number of aromatic nitrogens is 4. The molecule has 8 nitrogen and oxygen atoms in total. The van der Waals surface area contributed by atoms with Gasteiger partial charge in [0.2, 0.25) is 0 Å². The van der Waals surface area contributed by atoms with E-state index in [4.69, 9.17) is 4.74 Å². The molecule has 0 bridgehead atoms. The van der Waals surface area contributed by atoms with Crippen LogP contribution in [0.4, 0.5) is 5.82 Å². The molecule has 2 aromatic carbocycles. The summed E-state index contributed by atoms with van der Waals surface area (Å²) in [5, 5.41) is 13.9. The van der Waals surface area contributed by atoms with Gasteiger partial charge in [-0.15, -0.1) is 4.68 Å². The van der Waals surface area contributed by atoms with Crippen molar-refractivity contribution in [3.8, 4) is 17.1 Å². The highest BCUT2D eigenvalue weighted by Gasteiger charge is 2.27. The number of hydrogen-bond acceptors (Lipinski definition) is 5. The van der Waals surface area contributed by atoms with Gasteiger partial charge in [0, 0.05) is 30.1 Å². The first-order valence-corrected chi connectivity index (χ1v) is 9.92. The Hall–Kier alpha value is -4.07. The lowest BCUT2D eigenvalue weighted by Gasteiger charge is -2.06. The SMILES string of the molecule is CCOC(=O)c1c[nH][n+](-c2nnc(-c3ccccc3)c3ccccc23)c1N=CN(C)C. The van der Waals surface area contributed by atoms with Crippen molar-refractivity contribution in [1.82, 2.24) is 20.2 Å². The fourth-order valence-electron chi connectivity index (χ4n) is 3.26. The van der Waals surface area contributed by atoms with Crippen LogP contribution in [0.3, 0.4) is 0 Å². The molecule has 0 spiro atoms. The molecule has 1 N–H and O–H groups in total. The standard InChI is InChI=1S/C23H22N6O2/c1-4-31-23(30)19-14-25-29(21(19)24-15-28(2)3)22-18-13-9-8-12-17(18)20(26-27-22)16-10-6-5-7-11-16/h5-15H,4H2,1-3H3/p+1. The third-order valence-corrected chi connectivity index (χ3v) is 4.62. The summed E-state index contributed by atoms with van der Waals surface area (Å²) in [6, 6.07) is 17.8. The number of nitrogens with zero attached hydrogens (tertiary/aromatic N) is 5. The molecule has 0 fully saturated rings. The van der Waals surface area contributed by atoms with E-state index in [1.165, 1.54) is 0 Å². The Morgan fingerprint density at radius 3 is 2.52 bits per heavy atom. The number of aromatic amines is 1. The van der Waals surface area contributed by atoms with Crippen LogP contribution in [-0.2, 0) is 4.74 Å². The first-order valence-electron chi connectivity index (χ1n) is 9.92. The summed E-state index contributed by atoms with van der Waals surface area (Å²) in [6.07, 6.45) is 3.19. The molecule has 0 aliphatic rings. The Bertz CT molecular complexity index is 1250. The number of H-pyrrole nitrogens is 1. The van der Waals surface area contributed by atoms with Gasteiger partial charge in [0.15, 0.2) is 11.9 Å². The fraction of sp³-hybridized carbons (Fsp3) is 0.174. The van der Waals surface area contributed by atoms with E-state index in [1.807, 2.05) is 68.7 Å². The minimum Gasteiger partial charge on any atom is -0.462 e. The zero-order valence-corrected chi connectivity index (χ0v) is 17.6. The molecule has 0 saturated heterocycles. The molecule has 4 rings (SSSR count). The topological polar surface area (TPSA) is 87.3 Å². The van der Waals surface area contributed by atoms with Crippen molar-refractivity contribution in [1.29, 1.82) is 0 Å². The van der Waals surface area contributed by atoms with E-state index in [2.05, 4.69) is 20.3 Å². The molecule has 2 heterocycles. The lowest BCUT2D eigenvalue weighted by molar-refractivity contribution is -0.644. The Kier molecular flexibility index (Phi) is 5.70. The van der Waals surface area contributed by atoms with Gasteiger partial charge in [0.05, 0.1) is 18.2 Å². The highest BCUT2D eigenvalue weighted by molar-refractivity contribution is 5.97. The molecule has 31 heavy (non-hydrogen) atoms. The molecular formula is C23H23N6O2+. The molecule has 0 amide bonds. The third-order valence-electron chi connectivity index (χ3n) is 4.62. The summed E-state index contributed by atoms with van der Waals surface area (Å²) in [5.41, 5.74) is 2.08. The van der Waals surface area contributed by atoms with Crippen LogP contribution in [0.2, 0.25) is 0 Å². The number of nitrogens with one attached hydrogen (secondary N) is 1. The van der Waals surface area contributed by atoms with Crippen molar-refractivity contribution < 1.29 is 14.2 Å². The van der Waals surface area contributed by atoms with Gasteiger partial charge < -0.3 is 9.64 Å². The number of carbonyl (C=O) groups excluding carboxylic acids is 1. The highest BCUT2D eigenvalue weighted by Crippen LogP contribution is 2.28. The summed E-state index contributed by atoms with van der Waals surface area (Å²) >= 11 is 0. The molecule has 8 heteroatoms. The number of fused-ring (bicyclic) bond motifs is 1. The minimum atomic E-state index is -0.457. The molecule has 0 saturated carbocycles. The van der Waals surface area contributed by atoms with Gasteiger partial charge >= 0.3 is 17.6 Å². The Morgan fingerprint density at radius 2 is 1.81 bits per heavy atom. The molecule has 0 unspecified atom stereocenters. The number of ether oxygens (including phenoxy) is 1. The number of rotatable bonds is 6. The van der Waals surface area contributed by atoms with E-state index in [0.717, 1.165) is 22.0 Å². The number of carbonyl (C=O) groups is 1. The summed E-state index contributed by atoms with van der Waals surface area (Å²) in [4.78, 5) is 18.8. The average molecular weight is 415 g/mol. The fourth-order valence-corrected chi connectivity index (χ4v) is 3.26. The molecule has 0 atom stereocenters. The van der Waals surface area contributed by atoms with Crippen LogP contribution in [0.5, 0.6) is 0 Å². The van der Waals surface area contributed by atoms with Crippen molar-refractivity contribution in [2.75, 3.05) is 20.7 Å². The highest BCUT2D eigenvalue weighted by atomic mass is 16.5. The lowest BCUT2D eigenvalue weighted by atomic mass is 10.0. The molecule has 2 aromatic heterocycles. The van der Waals surface area contributed by atoms with E-state index < -0.39 is 5.97 Å². The normalized spacial score (nSPS) is 11.2. The molecule has 156 valence electrons. The van der Waals surface area contributed by atoms with Gasteiger partial charge in [-0.3, -0.25) is 0 Å². The predicted octanol–water partition coefficient (Wildman–Crippen LogP) is 3.30. The van der Waals surface area contributed by atoms with E-state index in [9.17, 15) is 4.79 Å². The third kappa shape index (κ3) is 4.00. The van der Waals surface area contributed by atoms with Crippen LogP contribution in [0.1, 0.15) is 17.3 Å². The van der Waals surface area contributed by atoms with Crippen molar-refractivity contribution >= 4 is 28.9 Å². The van der Waals surface area contributed by atoms with Crippen LogP contribution in [0.15, 0.2) is 65.8 Å². The van der Waals surface area contributed by atoms with Crippen LogP contribution in [0, 0.1) is 0 Å². The van der Waals surface area contributed by atoms with Crippen LogP contribution in [0.25, 0.3) is 27.8 Å². The molecule has 4 aromatic rings. The van der Waals surface area contributed by atoms with Crippen LogP contribution in [-0.4, -0.2) is 53.2 Å². The van der Waals surface area contributed by atoms with Gasteiger partial charge in [0.1, 0.15) is 5.69 Å². The average Bonchev–Trinajstić information content (AvgIpc) is 3.21. The summed E-state index contributed by atoms with van der Waals surface area (Å²) in [7, 11) is 3.71. The summed E-state index contributed by atoms with van der Waals surface area (Å²) in [5.74, 6) is 0.470. The van der Waals surface area contributed by atoms with Gasteiger partial charge in [-0.1, -0.05) is 58.6 Å². The first kappa shape index (κ1) is 20.2. The zero-order chi connectivity index (χ0) is 21.8. The first-order chi connectivity index (χ1) is 15.1. The van der Waals surface area contributed by atoms with Gasteiger partial charge in [-0.2, -0.15) is 0 Å². The molecular weight excluding hydrogens is 392 g/mol. The maximum absolute atomic E-state index is 12.5. The van der Waals surface area contributed by atoms with Crippen LogP contribution >= 0.6 is 0 Å². The number of benzene rings is 2. The van der Waals surface area contributed by atoms with Gasteiger partial charge in [-0.05, 0) is 13.0 Å². The zero-order valence-electron chi connectivity index (χ0n) is 17.6. The quantitative estimate of drug-likeness (QED) is 0.226. The molecule has 0 radical (unpaired) electrons. The lowest BCUT2D eigenvalue weighted by Crippen LogP contribution is -2.35. The van der Waals surface area contributed by atoms with E-state index in [0.29, 0.717) is 17.2 Å². The Labute approximate surface area is 179 Å². The second-order valence-corrected chi connectivity index (χ2v) is 7.06. The largest absolute Gasteiger partial charge is 0.462 e. The minimum absolute atomic E-state index is 0.273. The van der Waals surface area contributed by atoms with Crippen molar-refractivity contribution in [2.45, 2.75) is 6.92 Å². The second kappa shape index (κ2) is 8.74. The summed E-state index contributed by atoms with van der Waals surface area (Å²) in [6.45, 7) is 2.04. The number of hydrogen-bond donors (Lipinski definition) is 1. The van der Waals surface area contributed by atoms with Crippen LogP contribution < -0.4 is 4.68 Å². The van der Waals surface area contributed by atoms with E-state index >= 15 is 0 Å². The number of aliphatic imine (C=N–C) groups is 1. The maximum atomic E-state index is 12.5. The van der Waals surface area contributed by atoms with Crippen molar-refractivity contribution in [3.05, 3.63) is 66.4 Å². The smallest absolute Gasteiger partial charge is 0.346 e. The van der Waals surface area contributed by atoms with Crippen molar-refractivity contribution in [3.63, 3.8) is 0 Å². The van der Waals surface area contributed by atoms with Crippen molar-refractivity contribution in [2.24, 2.45) is 4.99 Å². The molecule has 0 aliphatic heterocycles. The Balaban J connectivity index is 1.93.